The molecule has 2 heterocycles. The first-order chi connectivity index (χ1) is 5.38. The second-order valence-electron chi connectivity index (χ2n) is 2.19. The molecular formula is C8H5N2O. The molecule has 0 bridgehead atoms. The zero-order valence-electron chi connectivity index (χ0n) is 5.69. The summed E-state index contributed by atoms with van der Waals surface area (Å²) in [7, 11) is 0. The maximum atomic E-state index is 11.0. The van der Waals surface area contributed by atoms with Gasteiger partial charge in [-0.05, 0) is 12.1 Å². The van der Waals surface area contributed by atoms with Gasteiger partial charge in [-0.15, -0.1) is 0 Å². The molecular weight excluding hydrogens is 140 g/mol. The molecule has 0 aliphatic heterocycles. The number of fused-ring (bicyclic) bond motifs is 1. The van der Waals surface area contributed by atoms with Crippen molar-refractivity contribution in [3.05, 3.63) is 30.6 Å². The van der Waals surface area contributed by atoms with E-state index in [-0.39, 0.29) is 5.88 Å². The first-order valence-electron chi connectivity index (χ1n) is 3.25. The monoisotopic (exact) mass is 145 g/mol. The second-order valence-corrected chi connectivity index (χ2v) is 2.19. The molecule has 2 rings (SSSR count). The van der Waals surface area contributed by atoms with Gasteiger partial charge in [-0.1, -0.05) is 6.07 Å². The smallest absolute Gasteiger partial charge is 0.265 e. The van der Waals surface area contributed by atoms with Gasteiger partial charge in [0.05, 0.1) is 0 Å². The van der Waals surface area contributed by atoms with Crippen LogP contribution in [-0.4, -0.2) is 9.97 Å². The molecule has 0 N–H and O–H groups in total. The molecule has 11 heavy (non-hydrogen) atoms. The Morgan fingerprint density at radius 3 is 2.82 bits per heavy atom. The van der Waals surface area contributed by atoms with E-state index in [4.69, 9.17) is 0 Å². The van der Waals surface area contributed by atoms with Gasteiger partial charge < -0.3 is 0 Å². The lowest BCUT2D eigenvalue weighted by Gasteiger charge is -1.93. The summed E-state index contributed by atoms with van der Waals surface area (Å²) in [6.07, 6.45) is 3.08. The van der Waals surface area contributed by atoms with E-state index in [1.807, 2.05) is 6.07 Å². The highest BCUT2D eigenvalue weighted by Gasteiger charge is 2.00. The van der Waals surface area contributed by atoms with Crippen LogP contribution < -0.4 is 0 Å². The normalized spacial score (nSPS) is 10.2. The summed E-state index contributed by atoms with van der Waals surface area (Å²) in [6, 6.07) is 5.40. The standard InChI is InChI=1S/C8H5N2O/c11-8-7-6(3-5-10-8)2-1-4-9-7/h1-5H. The number of hydrogen-bond acceptors (Lipinski definition) is 2. The molecule has 0 saturated heterocycles. The van der Waals surface area contributed by atoms with E-state index in [1.54, 1.807) is 18.3 Å². The van der Waals surface area contributed by atoms with Crippen molar-refractivity contribution in [2.45, 2.75) is 0 Å². The van der Waals surface area contributed by atoms with Crippen molar-refractivity contribution >= 4 is 10.9 Å². The Morgan fingerprint density at radius 1 is 1.09 bits per heavy atom. The highest BCUT2D eigenvalue weighted by molar-refractivity contribution is 5.81. The van der Waals surface area contributed by atoms with Gasteiger partial charge in [-0.2, -0.15) is 0 Å². The van der Waals surface area contributed by atoms with Crippen LogP contribution in [0.25, 0.3) is 10.9 Å². The summed E-state index contributed by atoms with van der Waals surface area (Å²) in [5.74, 6) is -0.261. The molecule has 0 saturated carbocycles. The topological polar surface area (TPSA) is 45.7 Å². The van der Waals surface area contributed by atoms with E-state index in [0.717, 1.165) is 5.39 Å². The number of pyridine rings is 2. The SMILES string of the molecule is [O]c1nccc2cccnc12. The van der Waals surface area contributed by atoms with E-state index in [9.17, 15) is 5.11 Å². The zero-order valence-corrected chi connectivity index (χ0v) is 5.69. The molecule has 0 amide bonds. The maximum absolute atomic E-state index is 11.0. The van der Waals surface area contributed by atoms with Gasteiger partial charge in [0.15, 0.2) is 0 Å². The third-order valence-corrected chi connectivity index (χ3v) is 1.49. The minimum atomic E-state index is -0.261. The summed E-state index contributed by atoms with van der Waals surface area (Å²) in [5.41, 5.74) is 0.440. The van der Waals surface area contributed by atoms with Crippen LogP contribution in [0, 0.1) is 0 Å². The summed E-state index contributed by atoms with van der Waals surface area (Å²) in [5, 5.41) is 11.8. The summed E-state index contributed by atoms with van der Waals surface area (Å²) >= 11 is 0. The van der Waals surface area contributed by atoms with Crippen LogP contribution in [0.15, 0.2) is 30.6 Å². The number of nitrogens with zero attached hydrogens (tertiary/aromatic N) is 2. The second kappa shape index (κ2) is 2.20. The fourth-order valence-electron chi connectivity index (χ4n) is 0.977. The quantitative estimate of drug-likeness (QED) is 0.567. The molecule has 0 fully saturated rings. The van der Waals surface area contributed by atoms with E-state index in [2.05, 4.69) is 9.97 Å². The van der Waals surface area contributed by atoms with Crippen molar-refractivity contribution in [1.29, 1.82) is 0 Å². The van der Waals surface area contributed by atoms with Gasteiger partial charge in [0.2, 0.25) is 0 Å². The van der Waals surface area contributed by atoms with Crippen molar-refractivity contribution < 1.29 is 5.11 Å². The fourth-order valence-corrected chi connectivity index (χ4v) is 0.977. The van der Waals surface area contributed by atoms with Gasteiger partial charge in [-0.3, -0.25) is 10.1 Å². The first kappa shape index (κ1) is 6.09. The van der Waals surface area contributed by atoms with Crippen LogP contribution in [0.1, 0.15) is 0 Å². The average Bonchev–Trinajstić information content (AvgIpc) is 2.06. The van der Waals surface area contributed by atoms with Gasteiger partial charge in [-0.25, -0.2) is 4.98 Å². The molecule has 3 nitrogen and oxygen atoms in total. The molecule has 1 radical (unpaired) electrons. The maximum Gasteiger partial charge on any atom is 0.296 e. The summed E-state index contributed by atoms with van der Waals surface area (Å²) in [6.45, 7) is 0. The molecule has 53 valence electrons. The summed E-state index contributed by atoms with van der Waals surface area (Å²) in [4.78, 5) is 7.49. The molecule has 0 atom stereocenters. The summed E-state index contributed by atoms with van der Waals surface area (Å²) < 4.78 is 0. The molecule has 3 heteroatoms. The van der Waals surface area contributed by atoms with Crippen molar-refractivity contribution in [1.82, 2.24) is 9.97 Å². The van der Waals surface area contributed by atoms with Crippen LogP contribution in [0.2, 0.25) is 0 Å². The first-order valence-corrected chi connectivity index (χ1v) is 3.25. The Morgan fingerprint density at radius 2 is 2.00 bits per heavy atom. The van der Waals surface area contributed by atoms with E-state index < -0.39 is 0 Å². The number of aromatic nitrogens is 2. The van der Waals surface area contributed by atoms with Crippen LogP contribution in [-0.2, 0) is 5.11 Å². The van der Waals surface area contributed by atoms with Gasteiger partial charge in [0.25, 0.3) is 5.88 Å². The van der Waals surface area contributed by atoms with Crippen molar-refractivity contribution in [2.75, 3.05) is 0 Å². The predicted molar refractivity (Wildman–Crippen MR) is 39.7 cm³/mol. The molecule has 2 aromatic heterocycles. The lowest BCUT2D eigenvalue weighted by Crippen LogP contribution is -1.79. The minimum absolute atomic E-state index is 0.261. The van der Waals surface area contributed by atoms with Gasteiger partial charge in [0.1, 0.15) is 5.52 Å². The molecule has 0 spiro atoms. The average molecular weight is 145 g/mol. The fraction of sp³-hybridized carbons (Fsp3) is 0. The third kappa shape index (κ3) is 0.902. The highest BCUT2D eigenvalue weighted by Crippen LogP contribution is 2.18. The molecule has 0 aliphatic carbocycles. The number of hydrogen-bond donors (Lipinski definition) is 0. The Balaban J connectivity index is 2.91. The van der Waals surface area contributed by atoms with Crippen LogP contribution in [0.5, 0.6) is 5.88 Å². The van der Waals surface area contributed by atoms with Crippen LogP contribution >= 0.6 is 0 Å². The van der Waals surface area contributed by atoms with Crippen LogP contribution in [0.4, 0.5) is 0 Å². The Labute approximate surface area is 63.3 Å². The Kier molecular flexibility index (Phi) is 1.22. The Bertz CT molecular complexity index is 381. The van der Waals surface area contributed by atoms with E-state index in [1.165, 1.54) is 6.20 Å². The van der Waals surface area contributed by atoms with E-state index >= 15 is 0 Å². The molecule has 2 aromatic rings. The molecule has 0 unspecified atom stereocenters. The third-order valence-electron chi connectivity index (χ3n) is 1.49. The Hall–Kier alpha value is -1.64. The number of rotatable bonds is 0. The van der Waals surface area contributed by atoms with Crippen LogP contribution in [0.3, 0.4) is 0 Å². The van der Waals surface area contributed by atoms with Crippen molar-refractivity contribution in [3.63, 3.8) is 0 Å². The highest BCUT2D eigenvalue weighted by atomic mass is 16.3. The van der Waals surface area contributed by atoms with E-state index in [0.29, 0.717) is 5.52 Å². The molecule has 0 aliphatic rings. The van der Waals surface area contributed by atoms with Crippen molar-refractivity contribution in [3.8, 4) is 5.88 Å². The predicted octanol–water partition coefficient (Wildman–Crippen LogP) is 1.77. The molecule has 0 aromatic carbocycles. The minimum Gasteiger partial charge on any atom is -0.265 e. The lowest BCUT2D eigenvalue weighted by atomic mass is 10.3. The zero-order chi connectivity index (χ0) is 7.68. The van der Waals surface area contributed by atoms with Gasteiger partial charge >= 0.3 is 0 Å². The lowest BCUT2D eigenvalue weighted by molar-refractivity contribution is 0.342. The largest absolute Gasteiger partial charge is 0.296 e. The van der Waals surface area contributed by atoms with Gasteiger partial charge in [0, 0.05) is 17.8 Å². The van der Waals surface area contributed by atoms with Crippen molar-refractivity contribution in [2.24, 2.45) is 0 Å².